The minimum atomic E-state index is -0.415. The molecule has 0 spiro atoms. The van der Waals surface area contributed by atoms with Gasteiger partial charge in [0.25, 0.3) is 5.56 Å². The number of methoxy groups -OCH3 is 1. The van der Waals surface area contributed by atoms with Gasteiger partial charge in [0.2, 0.25) is 4.77 Å². The quantitative estimate of drug-likeness (QED) is 0.411. The Morgan fingerprint density at radius 1 is 1.07 bits per heavy atom. The molecule has 0 atom stereocenters. The van der Waals surface area contributed by atoms with E-state index in [1.54, 1.807) is 31.4 Å². The average Bonchev–Trinajstić information content (AvgIpc) is 3.03. The number of aromatic amines is 2. The van der Waals surface area contributed by atoms with Crippen molar-refractivity contribution in [1.29, 1.82) is 0 Å². The molecule has 8 nitrogen and oxygen atoms in total. The van der Waals surface area contributed by atoms with Crippen LogP contribution >= 0.6 is 12.2 Å². The van der Waals surface area contributed by atoms with Crippen molar-refractivity contribution < 1.29 is 4.74 Å². The van der Waals surface area contributed by atoms with Gasteiger partial charge in [-0.2, -0.15) is 5.11 Å². The highest BCUT2D eigenvalue weighted by Gasteiger charge is 2.12. The van der Waals surface area contributed by atoms with Crippen LogP contribution in [0.4, 0.5) is 11.4 Å². The lowest BCUT2D eigenvalue weighted by atomic mass is 10.2. The number of fused-ring (bicyclic) bond motifs is 1. The fraction of sp³-hybridized carbons (Fsp3) is 0.0556. The van der Waals surface area contributed by atoms with Crippen molar-refractivity contribution in [3.8, 4) is 17.1 Å². The topological polar surface area (TPSA) is 99.9 Å². The number of hydrogen-bond acceptors (Lipinski definition) is 6. The molecule has 0 unspecified atom stereocenters. The first-order valence-corrected chi connectivity index (χ1v) is 8.43. The summed E-state index contributed by atoms with van der Waals surface area (Å²) in [6.45, 7) is 0. The highest BCUT2D eigenvalue weighted by atomic mass is 32.1. The molecule has 0 fully saturated rings. The lowest BCUT2D eigenvalue weighted by Gasteiger charge is -2.02. The number of aromatic nitrogens is 4. The molecule has 4 rings (SSSR count). The van der Waals surface area contributed by atoms with Crippen molar-refractivity contribution in [3.05, 3.63) is 69.7 Å². The maximum Gasteiger partial charge on any atom is 0.294 e. The van der Waals surface area contributed by atoms with Crippen molar-refractivity contribution >= 4 is 29.2 Å². The summed E-state index contributed by atoms with van der Waals surface area (Å²) in [6.07, 6.45) is 0. The minimum absolute atomic E-state index is 0.122. The summed E-state index contributed by atoms with van der Waals surface area (Å²) >= 11 is 5.29. The summed E-state index contributed by atoms with van der Waals surface area (Å²) < 4.78 is 6.71. The molecule has 2 aromatic carbocycles. The van der Waals surface area contributed by atoms with E-state index in [4.69, 9.17) is 17.0 Å². The summed E-state index contributed by atoms with van der Waals surface area (Å²) in [7, 11) is 1.59. The Kier molecular flexibility index (Phi) is 4.35. The predicted molar refractivity (Wildman–Crippen MR) is 104 cm³/mol. The molecule has 9 heteroatoms. The van der Waals surface area contributed by atoms with Crippen molar-refractivity contribution in [3.63, 3.8) is 0 Å². The number of hydrogen-bond donors (Lipinski definition) is 2. The number of ether oxygens (including phenoxy) is 1. The van der Waals surface area contributed by atoms with Gasteiger partial charge >= 0.3 is 0 Å². The van der Waals surface area contributed by atoms with Crippen molar-refractivity contribution in [2.75, 3.05) is 7.11 Å². The van der Waals surface area contributed by atoms with E-state index in [0.717, 1.165) is 5.56 Å². The highest BCUT2D eigenvalue weighted by Crippen LogP contribution is 2.23. The molecule has 0 saturated heterocycles. The van der Waals surface area contributed by atoms with Crippen molar-refractivity contribution in [1.82, 2.24) is 19.6 Å². The first-order valence-electron chi connectivity index (χ1n) is 8.02. The fourth-order valence-corrected chi connectivity index (χ4v) is 2.78. The van der Waals surface area contributed by atoms with E-state index < -0.39 is 5.56 Å². The Bertz CT molecular complexity index is 1240. The third kappa shape index (κ3) is 3.27. The van der Waals surface area contributed by atoms with Crippen molar-refractivity contribution in [2.24, 2.45) is 10.2 Å². The molecule has 2 aromatic heterocycles. The van der Waals surface area contributed by atoms with Crippen LogP contribution in [0.3, 0.4) is 0 Å². The standard InChI is InChI=1S/C18H14N6O2S/c1-26-13-9-7-12(8-10-13)21-22-14-16-19-15(11-5-3-2-4-6-11)20-18(27)24(16)23-17(14)25/h2-10H,1H3,(H,23,25)(H,19,20,27). The maximum absolute atomic E-state index is 12.3. The van der Waals surface area contributed by atoms with E-state index >= 15 is 0 Å². The Labute approximate surface area is 158 Å². The zero-order valence-electron chi connectivity index (χ0n) is 14.2. The summed E-state index contributed by atoms with van der Waals surface area (Å²) in [5.74, 6) is 1.25. The van der Waals surface area contributed by atoms with Crippen LogP contribution in [0.15, 0.2) is 69.6 Å². The van der Waals surface area contributed by atoms with Gasteiger partial charge in [-0.1, -0.05) is 30.3 Å². The second-order valence-corrected chi connectivity index (χ2v) is 5.97. The van der Waals surface area contributed by atoms with Crippen LogP contribution in [0.5, 0.6) is 5.75 Å². The molecule has 4 aromatic rings. The molecule has 2 N–H and O–H groups in total. The molecule has 0 aliphatic rings. The van der Waals surface area contributed by atoms with E-state index in [1.165, 1.54) is 4.52 Å². The second-order valence-electron chi connectivity index (χ2n) is 5.61. The summed E-state index contributed by atoms with van der Waals surface area (Å²) in [6, 6.07) is 16.5. The van der Waals surface area contributed by atoms with Gasteiger partial charge in [-0.05, 0) is 36.5 Å². The second kappa shape index (κ2) is 6.96. The summed E-state index contributed by atoms with van der Waals surface area (Å²) in [5, 5.41) is 10.9. The fourth-order valence-electron chi connectivity index (χ4n) is 2.55. The van der Waals surface area contributed by atoms with Gasteiger partial charge in [-0.25, -0.2) is 9.50 Å². The zero-order chi connectivity index (χ0) is 18.8. The zero-order valence-corrected chi connectivity index (χ0v) is 15.0. The SMILES string of the molecule is COc1ccc(N=Nc2c(=O)[nH]n3c(=S)nc(-c4ccccc4)[nH]c23)cc1. The van der Waals surface area contributed by atoms with Crippen LogP contribution in [0, 0.1) is 4.77 Å². The van der Waals surface area contributed by atoms with Gasteiger partial charge in [0.05, 0.1) is 12.8 Å². The Morgan fingerprint density at radius 3 is 2.52 bits per heavy atom. The van der Waals surface area contributed by atoms with E-state index in [9.17, 15) is 4.79 Å². The summed E-state index contributed by atoms with van der Waals surface area (Å²) in [5.41, 5.74) is 1.54. The Balaban J connectivity index is 1.81. The molecule has 0 aliphatic carbocycles. The van der Waals surface area contributed by atoms with E-state index in [-0.39, 0.29) is 10.5 Å². The molecular weight excluding hydrogens is 364 g/mol. The first kappa shape index (κ1) is 16.9. The third-order valence-electron chi connectivity index (χ3n) is 3.90. The predicted octanol–water partition coefficient (Wildman–Crippen LogP) is 4.17. The van der Waals surface area contributed by atoms with Gasteiger partial charge in [-0.15, -0.1) is 5.11 Å². The van der Waals surface area contributed by atoms with Crippen LogP contribution in [0.1, 0.15) is 0 Å². The number of rotatable bonds is 4. The largest absolute Gasteiger partial charge is 0.497 e. The molecule has 2 heterocycles. The molecule has 0 saturated carbocycles. The van der Waals surface area contributed by atoms with Crippen molar-refractivity contribution in [2.45, 2.75) is 0 Å². The lowest BCUT2D eigenvalue weighted by molar-refractivity contribution is 0.415. The van der Waals surface area contributed by atoms with Gasteiger partial charge in [-0.3, -0.25) is 9.89 Å². The Hall–Kier alpha value is -3.59. The van der Waals surface area contributed by atoms with Gasteiger partial charge in [0.15, 0.2) is 11.3 Å². The van der Waals surface area contributed by atoms with Crippen LogP contribution in [0.2, 0.25) is 0 Å². The minimum Gasteiger partial charge on any atom is -0.497 e. The monoisotopic (exact) mass is 378 g/mol. The number of nitrogens with one attached hydrogen (secondary N) is 2. The molecule has 0 amide bonds. The molecule has 134 valence electrons. The van der Waals surface area contributed by atoms with Gasteiger partial charge in [0.1, 0.15) is 11.6 Å². The molecule has 0 aliphatic heterocycles. The molecule has 0 bridgehead atoms. The smallest absolute Gasteiger partial charge is 0.294 e. The number of H-pyrrole nitrogens is 2. The normalized spacial score (nSPS) is 11.3. The molecular formula is C18H14N6O2S. The molecule has 0 radical (unpaired) electrons. The third-order valence-corrected chi connectivity index (χ3v) is 4.17. The van der Waals surface area contributed by atoms with Gasteiger partial charge < -0.3 is 9.72 Å². The van der Waals surface area contributed by atoms with Crippen LogP contribution in [0.25, 0.3) is 17.0 Å². The van der Waals surface area contributed by atoms with E-state index in [1.807, 2.05) is 30.3 Å². The lowest BCUT2D eigenvalue weighted by Crippen LogP contribution is -2.02. The van der Waals surface area contributed by atoms with Crippen LogP contribution in [-0.4, -0.2) is 26.7 Å². The van der Waals surface area contributed by atoms with Crippen LogP contribution < -0.4 is 10.3 Å². The first-order chi connectivity index (χ1) is 13.2. The highest BCUT2D eigenvalue weighted by molar-refractivity contribution is 7.71. The molecule has 27 heavy (non-hydrogen) atoms. The summed E-state index contributed by atoms with van der Waals surface area (Å²) in [4.78, 5) is 19.8. The number of nitrogens with zero attached hydrogens (tertiary/aromatic N) is 4. The average molecular weight is 378 g/mol. The van der Waals surface area contributed by atoms with Gasteiger partial charge in [0, 0.05) is 5.56 Å². The van der Waals surface area contributed by atoms with E-state index in [2.05, 4.69) is 25.3 Å². The maximum atomic E-state index is 12.3. The number of benzene rings is 2. The number of azo groups is 1. The van der Waals surface area contributed by atoms with E-state index in [0.29, 0.717) is 22.9 Å². The van der Waals surface area contributed by atoms with Crippen LogP contribution in [-0.2, 0) is 0 Å². The Morgan fingerprint density at radius 2 is 1.81 bits per heavy atom.